The van der Waals surface area contributed by atoms with Crippen molar-refractivity contribution in [2.24, 2.45) is 5.10 Å². The van der Waals surface area contributed by atoms with E-state index in [1.165, 1.54) is 24.4 Å². The molecule has 0 unspecified atom stereocenters. The number of benzene rings is 3. The quantitative estimate of drug-likeness (QED) is 0.223. The molecule has 0 aliphatic heterocycles. The molecule has 0 saturated heterocycles. The van der Waals surface area contributed by atoms with Crippen molar-refractivity contribution in [3.05, 3.63) is 94.0 Å². The summed E-state index contributed by atoms with van der Waals surface area (Å²) >= 11 is 0. The fourth-order valence-electron chi connectivity index (χ4n) is 3.20. The molecule has 170 valence electrons. The Morgan fingerprint density at radius 1 is 0.971 bits per heavy atom. The van der Waals surface area contributed by atoms with Gasteiger partial charge in [0.2, 0.25) is 5.95 Å². The standard InChI is InChI=1S/C25H21N5O4/c1-16-3-5-17(6-4-16)22-14-23(18-7-10-21(34-2)11-8-18)28-25(27-22)29-26-15-19-13-20(30(32)33)9-12-24(19)31/h3-15,31H,1-2H3,(H,27,28,29)/b26-15+. The number of aromatic hydroxyl groups is 1. The van der Waals surface area contributed by atoms with Gasteiger partial charge in [-0.15, -0.1) is 0 Å². The minimum atomic E-state index is -0.542. The highest BCUT2D eigenvalue weighted by Crippen LogP contribution is 2.27. The highest BCUT2D eigenvalue weighted by molar-refractivity contribution is 5.85. The molecule has 0 amide bonds. The molecule has 0 bridgehead atoms. The van der Waals surface area contributed by atoms with Crippen LogP contribution in [-0.4, -0.2) is 33.3 Å². The third-order valence-corrected chi connectivity index (χ3v) is 5.05. The molecule has 9 nitrogen and oxygen atoms in total. The number of aryl methyl sites for hydroxylation is 1. The lowest BCUT2D eigenvalue weighted by Gasteiger charge is -2.09. The second-order valence-electron chi connectivity index (χ2n) is 7.43. The monoisotopic (exact) mass is 455 g/mol. The van der Waals surface area contributed by atoms with E-state index in [-0.39, 0.29) is 22.9 Å². The second-order valence-corrected chi connectivity index (χ2v) is 7.43. The van der Waals surface area contributed by atoms with Crippen molar-refractivity contribution in [3.8, 4) is 34.0 Å². The van der Waals surface area contributed by atoms with E-state index in [2.05, 4.69) is 20.5 Å². The molecule has 1 heterocycles. The number of phenols is 1. The molecule has 0 spiro atoms. The number of hydrazone groups is 1. The Morgan fingerprint density at radius 2 is 1.59 bits per heavy atom. The number of anilines is 1. The minimum absolute atomic E-state index is 0.135. The van der Waals surface area contributed by atoms with E-state index in [0.29, 0.717) is 11.4 Å². The van der Waals surface area contributed by atoms with E-state index >= 15 is 0 Å². The second kappa shape index (κ2) is 9.78. The van der Waals surface area contributed by atoms with Crippen molar-refractivity contribution in [1.82, 2.24) is 9.97 Å². The average molecular weight is 455 g/mol. The highest BCUT2D eigenvalue weighted by atomic mass is 16.6. The van der Waals surface area contributed by atoms with Crippen LogP contribution in [-0.2, 0) is 0 Å². The van der Waals surface area contributed by atoms with E-state index in [1.54, 1.807) is 7.11 Å². The molecule has 0 aliphatic rings. The van der Waals surface area contributed by atoms with Crippen LogP contribution in [0.15, 0.2) is 77.9 Å². The summed E-state index contributed by atoms with van der Waals surface area (Å²) < 4.78 is 5.23. The fourth-order valence-corrected chi connectivity index (χ4v) is 3.20. The summed E-state index contributed by atoms with van der Waals surface area (Å²) in [6.45, 7) is 2.01. The molecule has 9 heteroatoms. The molecule has 0 fully saturated rings. The number of aromatic nitrogens is 2. The summed E-state index contributed by atoms with van der Waals surface area (Å²) in [6, 6.07) is 21.0. The molecule has 0 atom stereocenters. The summed E-state index contributed by atoms with van der Waals surface area (Å²) in [6.07, 6.45) is 1.28. The first-order valence-corrected chi connectivity index (χ1v) is 10.3. The zero-order chi connectivity index (χ0) is 24.1. The Balaban J connectivity index is 1.69. The van der Waals surface area contributed by atoms with Crippen LogP contribution in [0, 0.1) is 17.0 Å². The first kappa shape index (κ1) is 22.4. The summed E-state index contributed by atoms with van der Waals surface area (Å²) in [5.41, 5.74) is 7.06. The van der Waals surface area contributed by atoms with Gasteiger partial charge < -0.3 is 9.84 Å². The number of nitro benzene ring substituents is 1. The Kier molecular flexibility index (Phi) is 6.45. The third kappa shape index (κ3) is 5.16. The number of ether oxygens (including phenoxy) is 1. The molecule has 1 aromatic heterocycles. The SMILES string of the molecule is COc1ccc(-c2cc(-c3ccc(C)cc3)nc(N/N=C/c3cc([N+](=O)[O-])ccc3O)n2)cc1. The van der Waals surface area contributed by atoms with E-state index in [0.717, 1.165) is 22.4 Å². The summed E-state index contributed by atoms with van der Waals surface area (Å²) in [7, 11) is 1.61. The number of hydrogen-bond donors (Lipinski definition) is 2. The van der Waals surface area contributed by atoms with Crippen molar-refractivity contribution in [1.29, 1.82) is 0 Å². The number of nitrogens with zero attached hydrogens (tertiary/aromatic N) is 4. The van der Waals surface area contributed by atoms with Gasteiger partial charge in [0.05, 0.1) is 29.6 Å². The smallest absolute Gasteiger partial charge is 0.270 e. The van der Waals surface area contributed by atoms with Crippen LogP contribution in [0.2, 0.25) is 0 Å². The maximum atomic E-state index is 11.0. The predicted molar refractivity (Wildman–Crippen MR) is 130 cm³/mol. The first-order chi connectivity index (χ1) is 16.4. The summed E-state index contributed by atoms with van der Waals surface area (Å²) in [5.74, 6) is 0.825. The Labute approximate surface area is 195 Å². The highest BCUT2D eigenvalue weighted by Gasteiger charge is 2.11. The Bertz CT molecular complexity index is 1350. The van der Waals surface area contributed by atoms with Gasteiger partial charge in [-0.05, 0) is 43.3 Å². The van der Waals surface area contributed by atoms with Crippen molar-refractivity contribution in [3.63, 3.8) is 0 Å². The summed E-state index contributed by atoms with van der Waals surface area (Å²) in [5, 5.41) is 25.1. The van der Waals surface area contributed by atoms with E-state index in [1.807, 2.05) is 61.5 Å². The molecule has 2 N–H and O–H groups in total. The number of methoxy groups -OCH3 is 1. The number of non-ortho nitro benzene ring substituents is 1. The van der Waals surface area contributed by atoms with Crippen LogP contribution in [0.25, 0.3) is 22.5 Å². The van der Waals surface area contributed by atoms with Gasteiger partial charge in [0.15, 0.2) is 0 Å². The van der Waals surface area contributed by atoms with Gasteiger partial charge in [-0.1, -0.05) is 29.8 Å². The van der Waals surface area contributed by atoms with Crippen molar-refractivity contribution in [2.75, 3.05) is 12.5 Å². The summed E-state index contributed by atoms with van der Waals surface area (Å²) in [4.78, 5) is 19.6. The molecule has 34 heavy (non-hydrogen) atoms. The molecule has 0 aliphatic carbocycles. The van der Waals surface area contributed by atoms with Gasteiger partial charge in [-0.2, -0.15) is 5.10 Å². The lowest BCUT2D eigenvalue weighted by atomic mass is 10.1. The lowest BCUT2D eigenvalue weighted by molar-refractivity contribution is -0.384. The number of nitrogens with one attached hydrogen (secondary N) is 1. The largest absolute Gasteiger partial charge is 0.507 e. The van der Waals surface area contributed by atoms with Crippen LogP contribution in [0.4, 0.5) is 11.6 Å². The Morgan fingerprint density at radius 3 is 2.18 bits per heavy atom. The number of nitro groups is 1. The first-order valence-electron chi connectivity index (χ1n) is 10.3. The third-order valence-electron chi connectivity index (χ3n) is 5.05. The van der Waals surface area contributed by atoms with Crippen molar-refractivity contribution >= 4 is 17.9 Å². The minimum Gasteiger partial charge on any atom is -0.507 e. The number of hydrogen-bond acceptors (Lipinski definition) is 8. The van der Waals surface area contributed by atoms with Gasteiger partial charge in [0.1, 0.15) is 11.5 Å². The van der Waals surface area contributed by atoms with Crippen molar-refractivity contribution in [2.45, 2.75) is 6.92 Å². The van der Waals surface area contributed by atoms with Gasteiger partial charge in [0.25, 0.3) is 5.69 Å². The maximum absolute atomic E-state index is 11.0. The van der Waals surface area contributed by atoms with Crippen molar-refractivity contribution < 1.29 is 14.8 Å². The molecule has 0 radical (unpaired) electrons. The Hall–Kier alpha value is -4.79. The zero-order valence-corrected chi connectivity index (χ0v) is 18.5. The lowest BCUT2D eigenvalue weighted by Crippen LogP contribution is -2.00. The molecule has 4 aromatic rings. The van der Waals surface area contributed by atoms with E-state index < -0.39 is 4.92 Å². The van der Waals surface area contributed by atoms with Crippen LogP contribution < -0.4 is 10.2 Å². The molecular weight excluding hydrogens is 434 g/mol. The fraction of sp³-hybridized carbons (Fsp3) is 0.0800. The number of rotatable bonds is 7. The van der Waals surface area contributed by atoms with Crippen LogP contribution in [0.5, 0.6) is 11.5 Å². The molecule has 0 saturated carbocycles. The van der Waals surface area contributed by atoms with E-state index in [4.69, 9.17) is 4.74 Å². The zero-order valence-electron chi connectivity index (χ0n) is 18.5. The average Bonchev–Trinajstić information content (AvgIpc) is 2.85. The van der Waals surface area contributed by atoms with Crippen LogP contribution >= 0.6 is 0 Å². The topological polar surface area (TPSA) is 123 Å². The predicted octanol–water partition coefficient (Wildman–Crippen LogP) is 5.19. The van der Waals surface area contributed by atoms with Crippen LogP contribution in [0.1, 0.15) is 11.1 Å². The normalized spacial score (nSPS) is 10.9. The maximum Gasteiger partial charge on any atom is 0.270 e. The van der Waals surface area contributed by atoms with Gasteiger partial charge in [-0.25, -0.2) is 15.4 Å². The molecule has 4 rings (SSSR count). The van der Waals surface area contributed by atoms with Gasteiger partial charge in [-0.3, -0.25) is 10.1 Å². The number of phenolic OH excluding ortho intramolecular Hbond substituents is 1. The molecular formula is C25H21N5O4. The van der Waals surface area contributed by atoms with Crippen LogP contribution in [0.3, 0.4) is 0 Å². The van der Waals surface area contributed by atoms with E-state index in [9.17, 15) is 15.2 Å². The molecule has 3 aromatic carbocycles. The van der Waals surface area contributed by atoms with Gasteiger partial charge in [0, 0.05) is 28.8 Å². The van der Waals surface area contributed by atoms with Gasteiger partial charge >= 0.3 is 0 Å².